The molecule has 21 rings (SSSR count). The molecule has 13 aromatic carbocycles. The molecule has 0 saturated carbocycles. The maximum Gasteiger partial charge on any atom is 0.124 e. The van der Waals surface area contributed by atoms with Crippen molar-refractivity contribution in [2.45, 2.75) is 0 Å². The third-order valence-electron chi connectivity index (χ3n) is 19.5. The first-order valence-corrected chi connectivity index (χ1v) is 34.2. The van der Waals surface area contributed by atoms with Crippen LogP contribution in [0.3, 0.4) is 0 Å². The van der Waals surface area contributed by atoms with Crippen molar-refractivity contribution in [3.8, 4) is 56.1 Å². The molecule has 0 unspecified atom stereocenters. The van der Waals surface area contributed by atoms with Gasteiger partial charge in [0.25, 0.3) is 0 Å². The number of aromatic nitrogens is 6. The van der Waals surface area contributed by atoms with Crippen molar-refractivity contribution in [1.29, 1.82) is 0 Å². The van der Waals surface area contributed by atoms with Gasteiger partial charge in [-0.2, -0.15) is 0 Å². The average Bonchev–Trinajstić information content (AvgIpc) is 1.52. The number of thiophene rings is 2. The maximum atomic E-state index is 4.94. The fraction of sp³-hybridized carbons (Fsp3) is 0. The summed E-state index contributed by atoms with van der Waals surface area (Å²) < 4.78 is 12.5. The van der Waals surface area contributed by atoms with Crippen molar-refractivity contribution in [3.05, 3.63) is 328 Å². The fourth-order valence-electron chi connectivity index (χ4n) is 15.5. The second kappa shape index (κ2) is 21.7. The molecular weight excluding hydrogens is 1210 g/mol. The fourth-order valence-corrected chi connectivity index (χ4v) is 17.9. The monoisotopic (exact) mass is 1260 g/mol. The minimum atomic E-state index is 1.05. The van der Waals surface area contributed by atoms with E-state index in [0.29, 0.717) is 0 Å². The molecule has 0 bridgehead atoms. The van der Waals surface area contributed by atoms with E-state index in [-0.39, 0.29) is 0 Å². The molecule has 0 fully saturated rings. The number of hydrogen-bond donors (Lipinski definition) is 0. The smallest absolute Gasteiger partial charge is 0.124 e. The highest BCUT2D eigenvalue weighted by atomic mass is 32.1. The molecule has 8 heteroatoms. The Morgan fingerprint density at radius 3 is 0.917 bits per heavy atom. The van der Waals surface area contributed by atoms with Crippen LogP contribution in [-0.2, 0) is 0 Å². The molecule has 0 N–H and O–H groups in total. The van der Waals surface area contributed by atoms with E-state index < -0.39 is 0 Å². The van der Waals surface area contributed by atoms with Gasteiger partial charge in [0.1, 0.15) is 9.66 Å². The molecule has 21 aromatic rings. The zero-order chi connectivity index (χ0) is 63.0. The van der Waals surface area contributed by atoms with Crippen molar-refractivity contribution in [3.63, 3.8) is 0 Å². The molecule has 0 radical (unpaired) electrons. The van der Waals surface area contributed by atoms with E-state index in [2.05, 4.69) is 334 Å². The van der Waals surface area contributed by atoms with Crippen molar-refractivity contribution >= 4 is 151 Å². The van der Waals surface area contributed by atoms with E-state index in [1.165, 1.54) is 152 Å². The van der Waals surface area contributed by atoms with Gasteiger partial charge in [0, 0.05) is 99.8 Å². The number of para-hydroxylation sites is 6. The van der Waals surface area contributed by atoms with E-state index in [0.717, 1.165) is 32.4 Å². The zero-order valence-electron chi connectivity index (χ0n) is 51.7. The first-order chi connectivity index (χ1) is 47.7. The van der Waals surface area contributed by atoms with Crippen LogP contribution in [0.15, 0.2) is 328 Å². The first-order valence-electron chi connectivity index (χ1n) is 32.5. The average molecular weight is 1260 g/mol. The summed E-state index contributed by atoms with van der Waals surface area (Å²) in [4.78, 5) is 11.9. The van der Waals surface area contributed by atoms with Crippen LogP contribution in [-0.4, -0.2) is 28.2 Å². The van der Waals surface area contributed by atoms with Gasteiger partial charge >= 0.3 is 0 Å². The van der Waals surface area contributed by atoms with Gasteiger partial charge in [-0.05, 0) is 137 Å². The van der Waals surface area contributed by atoms with E-state index in [9.17, 15) is 0 Å². The Balaban J connectivity index is 0.000000132. The molecule has 448 valence electrons. The largest absolute Gasteiger partial charge is 0.309 e. The summed E-state index contributed by atoms with van der Waals surface area (Å²) in [7, 11) is 0. The van der Waals surface area contributed by atoms with Crippen LogP contribution in [0.5, 0.6) is 0 Å². The quantitative estimate of drug-likeness (QED) is 0.160. The summed E-state index contributed by atoms with van der Waals surface area (Å²) in [6.45, 7) is 0. The van der Waals surface area contributed by atoms with E-state index in [1.807, 2.05) is 12.4 Å². The molecule has 0 aliphatic heterocycles. The van der Waals surface area contributed by atoms with Gasteiger partial charge in [-0.3, -0.25) is 0 Å². The van der Waals surface area contributed by atoms with Gasteiger partial charge in [-0.15, -0.1) is 22.7 Å². The number of hydrogen-bond acceptors (Lipinski definition) is 4. The molecule has 0 saturated heterocycles. The van der Waals surface area contributed by atoms with Gasteiger partial charge in [-0.1, -0.05) is 212 Å². The third kappa shape index (κ3) is 8.16. The van der Waals surface area contributed by atoms with Crippen molar-refractivity contribution in [2.75, 3.05) is 0 Å². The lowest BCUT2D eigenvalue weighted by atomic mass is 9.98. The summed E-state index contributed by atoms with van der Waals surface area (Å²) in [5.74, 6) is 0. The minimum Gasteiger partial charge on any atom is -0.309 e. The van der Waals surface area contributed by atoms with E-state index in [1.54, 1.807) is 22.7 Å². The Morgan fingerprint density at radius 2 is 0.510 bits per heavy atom. The van der Waals surface area contributed by atoms with Crippen LogP contribution in [0.4, 0.5) is 0 Å². The van der Waals surface area contributed by atoms with Gasteiger partial charge in [0.05, 0.1) is 53.5 Å². The Labute approximate surface area is 558 Å². The van der Waals surface area contributed by atoms with E-state index in [4.69, 9.17) is 9.97 Å². The number of benzene rings is 13. The normalized spacial score (nSPS) is 12.0. The van der Waals surface area contributed by atoms with Gasteiger partial charge in [0.2, 0.25) is 0 Å². The predicted octanol–water partition coefficient (Wildman–Crippen LogP) is 24.3. The molecule has 96 heavy (non-hydrogen) atoms. The lowest BCUT2D eigenvalue weighted by molar-refractivity contribution is 1.18. The molecule has 0 spiro atoms. The molecule has 6 nitrogen and oxygen atoms in total. The van der Waals surface area contributed by atoms with Gasteiger partial charge in [-0.25, -0.2) is 9.97 Å². The summed E-state index contributed by atoms with van der Waals surface area (Å²) in [5.41, 5.74) is 21.5. The highest BCUT2D eigenvalue weighted by Crippen LogP contribution is 2.53. The van der Waals surface area contributed by atoms with Crippen LogP contribution in [0.25, 0.3) is 184 Å². The van der Waals surface area contributed by atoms with E-state index >= 15 is 0 Å². The van der Waals surface area contributed by atoms with Crippen LogP contribution in [0.2, 0.25) is 0 Å². The minimum absolute atomic E-state index is 1.05. The predicted molar refractivity (Wildman–Crippen MR) is 408 cm³/mol. The number of nitrogens with zero attached hydrogens (tertiary/aromatic N) is 6. The molecular formula is C88H54N6S2. The highest BCUT2D eigenvalue weighted by Gasteiger charge is 2.30. The lowest BCUT2D eigenvalue weighted by Crippen LogP contribution is -1.97. The van der Waals surface area contributed by atoms with Crippen LogP contribution < -0.4 is 0 Å². The Bertz CT molecular complexity index is 6600. The standard InChI is InChI=1S/C47H29N3S.C41H25N3S/c1-4-15-30(16-5-1)32-27-33(31-17-6-2-7-18-31)29-35(28-32)50-40-25-13-11-22-37(40)43-44-41(42-38-23-14-26-48-47(38)51-46(42)45(43)50)36-21-10-12-24-39(36)49(44)34-19-8-3-9-20-34;1-3-12-26(13-4-1)27-21-23-29(24-22-27)44-34-20-10-8-17-31(34)37-38-35(36-32-18-11-25-42-41(32)45-40(36)39(37)44)30-16-7-9-19-33(30)43(38)28-14-5-2-6-15-28/h1-29H;1-25H. The highest BCUT2D eigenvalue weighted by molar-refractivity contribution is 7.27. The van der Waals surface area contributed by atoms with Gasteiger partial charge in [0.15, 0.2) is 0 Å². The molecule has 0 amide bonds. The summed E-state index contributed by atoms with van der Waals surface area (Å²) in [6.07, 6.45) is 3.83. The third-order valence-corrected chi connectivity index (χ3v) is 21.7. The van der Waals surface area contributed by atoms with Crippen LogP contribution in [0.1, 0.15) is 0 Å². The summed E-state index contributed by atoms with van der Waals surface area (Å²) in [6, 6.07) is 114. The first kappa shape index (κ1) is 54.4. The lowest BCUT2D eigenvalue weighted by Gasteiger charge is -2.15. The molecule has 0 aliphatic carbocycles. The Kier molecular flexibility index (Phi) is 12.3. The summed E-state index contributed by atoms with van der Waals surface area (Å²) in [5, 5.41) is 15.0. The Hall–Kier alpha value is -12.2. The molecule has 8 heterocycles. The second-order valence-corrected chi connectivity index (χ2v) is 26.7. The maximum absolute atomic E-state index is 4.94. The number of pyridine rings is 2. The second-order valence-electron chi connectivity index (χ2n) is 24.7. The number of fused-ring (bicyclic) bond motifs is 24. The topological polar surface area (TPSA) is 45.5 Å². The molecule has 0 atom stereocenters. The summed E-state index contributed by atoms with van der Waals surface area (Å²) >= 11 is 3.61. The van der Waals surface area contributed by atoms with Crippen molar-refractivity contribution < 1.29 is 0 Å². The Morgan fingerprint density at radius 1 is 0.208 bits per heavy atom. The molecule has 0 aliphatic rings. The van der Waals surface area contributed by atoms with Gasteiger partial charge < -0.3 is 18.3 Å². The zero-order valence-corrected chi connectivity index (χ0v) is 53.3. The van der Waals surface area contributed by atoms with Crippen molar-refractivity contribution in [1.82, 2.24) is 28.2 Å². The number of rotatable bonds is 7. The SMILES string of the molecule is c1ccc(-c2cc(-c3ccccc3)cc(-n3c4ccccc4c4c3c3sc5ncccc5c3c3c5ccccc5n(-c5ccccc5)c34)c2)cc1.c1ccc(-c2ccc(-n3c4ccccc4c4c3c3sc5ncccc5c3c3c5ccccc5n(-c5ccccc5)c34)cc2)cc1. The van der Waals surface area contributed by atoms with Crippen LogP contribution >= 0.6 is 22.7 Å². The van der Waals surface area contributed by atoms with Crippen molar-refractivity contribution in [2.24, 2.45) is 0 Å². The molecule has 8 aromatic heterocycles. The van der Waals surface area contributed by atoms with Crippen LogP contribution in [0, 0.1) is 0 Å².